The van der Waals surface area contributed by atoms with Crippen LogP contribution in [0.2, 0.25) is 0 Å². The lowest BCUT2D eigenvalue weighted by molar-refractivity contribution is -0.141. The van der Waals surface area contributed by atoms with Gasteiger partial charge in [-0.05, 0) is 49.4 Å². The van der Waals surface area contributed by atoms with Crippen LogP contribution in [0.25, 0.3) is 0 Å². The smallest absolute Gasteiger partial charge is 0.243 e. The SMILES string of the molecule is Cc1ccc(C)c(CC(=O)N(Cc2ccccc2F)[C@H](Cc2ccccc2)C(=O)NC2CCCCC2)c1. The predicted molar refractivity (Wildman–Crippen MR) is 146 cm³/mol. The molecule has 0 bridgehead atoms. The van der Waals surface area contributed by atoms with Gasteiger partial charge in [-0.25, -0.2) is 4.39 Å². The summed E-state index contributed by atoms with van der Waals surface area (Å²) in [7, 11) is 0. The maximum Gasteiger partial charge on any atom is 0.243 e. The van der Waals surface area contributed by atoms with E-state index >= 15 is 0 Å². The molecule has 5 heteroatoms. The Hall–Kier alpha value is -3.47. The van der Waals surface area contributed by atoms with Crippen molar-refractivity contribution in [3.63, 3.8) is 0 Å². The van der Waals surface area contributed by atoms with Gasteiger partial charge in [0, 0.05) is 24.6 Å². The average molecular weight is 501 g/mol. The Labute approximate surface area is 219 Å². The van der Waals surface area contributed by atoms with Crippen molar-refractivity contribution in [2.45, 2.75) is 77.4 Å². The Balaban J connectivity index is 1.68. The summed E-state index contributed by atoms with van der Waals surface area (Å²) in [6.45, 7) is 4.02. The largest absolute Gasteiger partial charge is 0.352 e. The second-order valence-corrected chi connectivity index (χ2v) is 10.3. The molecule has 0 radical (unpaired) electrons. The summed E-state index contributed by atoms with van der Waals surface area (Å²) >= 11 is 0. The summed E-state index contributed by atoms with van der Waals surface area (Å²) < 4.78 is 14.8. The van der Waals surface area contributed by atoms with Crippen LogP contribution in [0.4, 0.5) is 4.39 Å². The number of nitrogens with one attached hydrogen (secondary N) is 1. The monoisotopic (exact) mass is 500 g/mol. The van der Waals surface area contributed by atoms with Crippen LogP contribution < -0.4 is 5.32 Å². The Morgan fingerprint density at radius 1 is 0.919 bits per heavy atom. The second kappa shape index (κ2) is 12.7. The zero-order valence-corrected chi connectivity index (χ0v) is 21.9. The van der Waals surface area contributed by atoms with Gasteiger partial charge >= 0.3 is 0 Å². The van der Waals surface area contributed by atoms with Crippen LogP contribution in [0.1, 0.15) is 59.9 Å². The highest BCUT2D eigenvalue weighted by Gasteiger charge is 2.32. The van der Waals surface area contributed by atoms with Crippen molar-refractivity contribution in [3.05, 3.63) is 106 Å². The number of rotatable bonds is 9. The summed E-state index contributed by atoms with van der Waals surface area (Å²) in [6.07, 6.45) is 5.81. The van der Waals surface area contributed by atoms with Gasteiger partial charge in [0.2, 0.25) is 11.8 Å². The van der Waals surface area contributed by atoms with Gasteiger partial charge in [-0.2, -0.15) is 0 Å². The van der Waals surface area contributed by atoms with Crippen molar-refractivity contribution in [1.29, 1.82) is 0 Å². The van der Waals surface area contributed by atoms with Gasteiger partial charge in [-0.1, -0.05) is 91.6 Å². The van der Waals surface area contributed by atoms with E-state index in [4.69, 9.17) is 0 Å². The molecule has 0 unspecified atom stereocenters. The third-order valence-corrected chi connectivity index (χ3v) is 7.37. The van der Waals surface area contributed by atoms with E-state index in [1.807, 2.05) is 62.4 Å². The van der Waals surface area contributed by atoms with E-state index < -0.39 is 6.04 Å². The van der Waals surface area contributed by atoms with E-state index in [0.29, 0.717) is 12.0 Å². The van der Waals surface area contributed by atoms with Crippen molar-refractivity contribution in [2.24, 2.45) is 0 Å². The van der Waals surface area contributed by atoms with E-state index in [-0.39, 0.29) is 36.6 Å². The maximum absolute atomic E-state index is 14.8. The topological polar surface area (TPSA) is 49.4 Å². The van der Waals surface area contributed by atoms with Gasteiger partial charge in [0.25, 0.3) is 0 Å². The number of amides is 2. The minimum atomic E-state index is -0.749. The molecule has 1 saturated carbocycles. The van der Waals surface area contributed by atoms with Crippen LogP contribution in [0.5, 0.6) is 0 Å². The highest BCUT2D eigenvalue weighted by molar-refractivity contribution is 5.89. The number of aryl methyl sites for hydroxylation is 2. The Morgan fingerprint density at radius 2 is 1.62 bits per heavy atom. The van der Waals surface area contributed by atoms with Gasteiger partial charge in [0.1, 0.15) is 11.9 Å². The average Bonchev–Trinajstić information content (AvgIpc) is 2.90. The summed E-state index contributed by atoms with van der Waals surface area (Å²) in [6, 6.07) is 21.6. The first-order valence-corrected chi connectivity index (χ1v) is 13.3. The fourth-order valence-electron chi connectivity index (χ4n) is 5.16. The van der Waals surface area contributed by atoms with Crippen LogP contribution >= 0.6 is 0 Å². The molecule has 1 N–H and O–H groups in total. The molecule has 37 heavy (non-hydrogen) atoms. The molecule has 1 fully saturated rings. The minimum Gasteiger partial charge on any atom is -0.352 e. The molecule has 1 aliphatic carbocycles. The summed E-state index contributed by atoms with van der Waals surface area (Å²) in [5, 5.41) is 3.23. The number of hydrogen-bond acceptors (Lipinski definition) is 2. The van der Waals surface area contributed by atoms with Crippen LogP contribution in [0.15, 0.2) is 72.8 Å². The molecule has 194 valence electrons. The molecule has 0 saturated heterocycles. The Morgan fingerprint density at radius 3 is 2.35 bits per heavy atom. The normalized spacial score (nSPS) is 14.7. The molecule has 2 amide bonds. The molecular formula is C32H37FN2O2. The predicted octanol–water partition coefficient (Wildman–Crippen LogP) is 6.07. The molecule has 1 aliphatic rings. The Kier molecular flexibility index (Phi) is 9.10. The summed E-state index contributed by atoms with van der Waals surface area (Å²) in [4.78, 5) is 29.3. The molecule has 4 rings (SSSR count). The summed E-state index contributed by atoms with van der Waals surface area (Å²) in [5.41, 5.74) is 4.39. The lowest BCUT2D eigenvalue weighted by Gasteiger charge is -2.33. The van der Waals surface area contributed by atoms with Crippen molar-refractivity contribution >= 4 is 11.8 Å². The number of carbonyl (C=O) groups excluding carboxylic acids is 2. The lowest BCUT2D eigenvalue weighted by atomic mass is 9.94. The quantitative estimate of drug-likeness (QED) is 0.387. The van der Waals surface area contributed by atoms with E-state index in [9.17, 15) is 14.0 Å². The molecular weight excluding hydrogens is 463 g/mol. The van der Waals surface area contributed by atoms with Gasteiger partial charge in [-0.3, -0.25) is 9.59 Å². The van der Waals surface area contributed by atoms with Crippen molar-refractivity contribution in [2.75, 3.05) is 0 Å². The third-order valence-electron chi connectivity index (χ3n) is 7.37. The summed E-state index contributed by atoms with van der Waals surface area (Å²) in [5.74, 6) is -0.726. The standard InChI is InChI=1S/C32H37FN2O2/c1-23-17-18-24(2)27(19-23)21-31(36)35(22-26-13-9-10-16-29(26)33)30(20-25-11-5-3-6-12-25)32(37)34-28-14-7-4-8-15-28/h3,5-6,9-13,16-19,28,30H,4,7-8,14-15,20-22H2,1-2H3,(H,34,37)/t30-/m1/s1. The number of carbonyl (C=O) groups is 2. The zero-order valence-electron chi connectivity index (χ0n) is 21.9. The minimum absolute atomic E-state index is 0.0337. The van der Waals surface area contributed by atoms with E-state index in [0.717, 1.165) is 47.9 Å². The third kappa shape index (κ3) is 7.28. The molecule has 3 aromatic rings. The first-order chi connectivity index (χ1) is 17.9. The molecule has 0 aliphatic heterocycles. The lowest BCUT2D eigenvalue weighted by Crippen LogP contribution is -2.53. The fourth-order valence-corrected chi connectivity index (χ4v) is 5.16. The molecule has 1 atom stereocenters. The highest BCUT2D eigenvalue weighted by atomic mass is 19.1. The number of hydrogen-bond donors (Lipinski definition) is 1. The second-order valence-electron chi connectivity index (χ2n) is 10.3. The molecule has 0 heterocycles. The number of halogens is 1. The van der Waals surface area contributed by atoms with E-state index in [1.54, 1.807) is 23.1 Å². The van der Waals surface area contributed by atoms with Crippen LogP contribution in [-0.4, -0.2) is 28.8 Å². The van der Waals surface area contributed by atoms with Crippen LogP contribution in [0, 0.1) is 19.7 Å². The van der Waals surface area contributed by atoms with Gasteiger partial charge in [0.15, 0.2) is 0 Å². The van der Waals surface area contributed by atoms with Crippen LogP contribution in [0.3, 0.4) is 0 Å². The Bertz CT molecular complexity index is 1200. The van der Waals surface area contributed by atoms with Crippen LogP contribution in [-0.2, 0) is 29.0 Å². The van der Waals surface area contributed by atoms with Crippen molar-refractivity contribution in [1.82, 2.24) is 10.2 Å². The zero-order chi connectivity index (χ0) is 26.2. The van der Waals surface area contributed by atoms with E-state index in [2.05, 4.69) is 5.32 Å². The molecule has 0 aromatic heterocycles. The number of nitrogens with zero attached hydrogens (tertiary/aromatic N) is 1. The van der Waals surface area contributed by atoms with Gasteiger partial charge < -0.3 is 10.2 Å². The van der Waals surface area contributed by atoms with Gasteiger partial charge in [-0.15, -0.1) is 0 Å². The molecule has 0 spiro atoms. The highest BCUT2D eigenvalue weighted by Crippen LogP contribution is 2.22. The number of benzene rings is 3. The fraction of sp³-hybridized carbons (Fsp3) is 0.375. The van der Waals surface area contributed by atoms with Gasteiger partial charge in [0.05, 0.1) is 6.42 Å². The van der Waals surface area contributed by atoms with E-state index in [1.165, 1.54) is 12.5 Å². The van der Waals surface area contributed by atoms with Crippen molar-refractivity contribution < 1.29 is 14.0 Å². The molecule has 4 nitrogen and oxygen atoms in total. The first kappa shape index (κ1) is 26.6. The molecule has 3 aromatic carbocycles. The first-order valence-electron chi connectivity index (χ1n) is 13.3. The van der Waals surface area contributed by atoms with Crippen molar-refractivity contribution in [3.8, 4) is 0 Å². The maximum atomic E-state index is 14.8.